The van der Waals surface area contributed by atoms with Gasteiger partial charge in [-0.3, -0.25) is 48.2 Å². The molecule has 0 aromatic rings. The first-order chi connectivity index (χ1) is 48.7. The minimum Gasteiger partial charge on any atom is -0.480 e. The number of nitrogens with one attached hydrogen (secondary N) is 7. The first kappa shape index (κ1) is 95.0. The molecule has 0 aliphatic heterocycles. The van der Waals surface area contributed by atoms with Crippen molar-refractivity contribution in [3.8, 4) is 0 Å². The largest absolute Gasteiger partial charge is 0.480 e. The van der Waals surface area contributed by atoms with Gasteiger partial charge in [-0.25, -0.2) is 0 Å². The number of hydrogen-bond donors (Lipinski definition) is 8. The smallest absolute Gasteiger partial charge is 0.320 e. The van der Waals surface area contributed by atoms with E-state index in [0.29, 0.717) is 145 Å². The van der Waals surface area contributed by atoms with Gasteiger partial charge in [0, 0.05) is 106 Å². The normalized spacial score (nSPS) is 11.8. The Morgan fingerprint density at radius 3 is 1.01 bits per heavy atom. The molecule has 1 unspecified atom stereocenters. The van der Waals surface area contributed by atoms with Crippen LogP contribution in [0.3, 0.4) is 0 Å². The van der Waals surface area contributed by atoms with Crippen LogP contribution in [0.25, 0.3) is 0 Å². The molecule has 35 nitrogen and oxygen atoms in total. The molecule has 0 aromatic heterocycles. The number of methoxy groups -OCH3 is 4. The minimum atomic E-state index is -1.41. The first-order valence-electron chi connectivity index (χ1n) is 34.5. The van der Waals surface area contributed by atoms with Gasteiger partial charge < -0.3 is 123 Å². The van der Waals surface area contributed by atoms with Crippen LogP contribution < -0.4 is 37.0 Å². The topological polar surface area (TPSA) is 412 Å². The van der Waals surface area contributed by atoms with E-state index in [9.17, 15) is 48.3 Å². The summed E-state index contributed by atoms with van der Waals surface area (Å²) in [7, 11) is 8.51. The molecule has 8 amide bonds. The van der Waals surface area contributed by atoms with E-state index in [4.69, 9.17) is 75.8 Å². The van der Waals surface area contributed by atoms with E-state index >= 15 is 0 Å². The molecule has 584 valence electrons. The highest BCUT2D eigenvalue weighted by Crippen LogP contribution is 2.10. The molecule has 0 fully saturated rings. The maximum atomic E-state index is 14.8. The lowest BCUT2D eigenvalue weighted by atomic mass is 10.1. The van der Waals surface area contributed by atoms with Crippen molar-refractivity contribution in [1.29, 1.82) is 0 Å². The second kappa shape index (κ2) is 72.3. The fourth-order valence-corrected chi connectivity index (χ4v) is 8.72. The molecule has 0 radical (unpaired) electrons. The van der Waals surface area contributed by atoms with Crippen molar-refractivity contribution in [1.82, 2.24) is 46.8 Å². The number of carboxylic acid groups (broad SMARTS) is 1. The van der Waals surface area contributed by atoms with Crippen LogP contribution in [0.15, 0.2) is 0 Å². The van der Waals surface area contributed by atoms with Gasteiger partial charge in [-0.1, -0.05) is 9.39 Å². The summed E-state index contributed by atoms with van der Waals surface area (Å²) < 4.78 is 86.0. The van der Waals surface area contributed by atoms with Crippen LogP contribution in [-0.2, 0) is 119 Å². The van der Waals surface area contributed by atoms with Crippen molar-refractivity contribution in [2.24, 2.45) is 0 Å². The average molecular weight is 1460 g/mol. The van der Waals surface area contributed by atoms with E-state index in [0.717, 1.165) is 0 Å². The molecule has 0 heterocycles. The Bertz CT molecular complexity index is 2060. The van der Waals surface area contributed by atoms with Gasteiger partial charge in [0.15, 0.2) is 0 Å². The van der Waals surface area contributed by atoms with Crippen LogP contribution in [0.5, 0.6) is 0 Å². The summed E-state index contributed by atoms with van der Waals surface area (Å²) in [5, 5.41) is 28.5. The highest BCUT2D eigenvalue weighted by Gasteiger charge is 2.30. The Hall–Kier alpha value is -5.02. The van der Waals surface area contributed by atoms with Gasteiger partial charge in [0.2, 0.25) is 47.3 Å². The summed E-state index contributed by atoms with van der Waals surface area (Å²) >= 11 is 0. The third-order valence-electron chi connectivity index (χ3n) is 13.8. The Labute approximate surface area is 593 Å². The molecule has 0 aliphatic carbocycles. The highest BCUT2D eigenvalue weighted by atomic mass is 31.0. The molecule has 0 rings (SSSR count). The molecule has 0 saturated carbocycles. The number of carboxylic acids is 1. The Morgan fingerprint density at radius 1 is 0.320 bits per heavy atom. The zero-order valence-electron chi connectivity index (χ0n) is 59.9. The second-order valence-electron chi connectivity index (χ2n) is 21.9. The summed E-state index contributed by atoms with van der Waals surface area (Å²) in [5.41, 5.74) is 0. The lowest BCUT2D eigenvalue weighted by Crippen LogP contribution is -2.52. The van der Waals surface area contributed by atoms with Crippen LogP contribution in [-0.4, -0.2) is 353 Å². The Morgan fingerprint density at radius 2 is 0.630 bits per heavy atom. The lowest BCUT2D eigenvalue weighted by molar-refractivity contribution is -0.141. The highest BCUT2D eigenvalue weighted by molar-refractivity contribution is 7.13. The van der Waals surface area contributed by atoms with Crippen LogP contribution >= 0.6 is 9.39 Å². The molecular weight excluding hydrogens is 1340 g/mol. The van der Waals surface area contributed by atoms with Crippen molar-refractivity contribution in [2.45, 2.75) is 89.1 Å². The van der Waals surface area contributed by atoms with Gasteiger partial charge in [0.25, 0.3) is 0 Å². The average Bonchev–Trinajstić information content (AvgIpc) is 0.877. The van der Waals surface area contributed by atoms with E-state index in [1.165, 1.54) is 9.80 Å². The number of carbonyl (C=O) groups excluding carboxylic acids is 8. The maximum Gasteiger partial charge on any atom is 0.320 e. The number of ether oxygens (including phenoxy) is 16. The zero-order chi connectivity index (χ0) is 73.4. The van der Waals surface area contributed by atoms with E-state index in [-0.39, 0.29) is 181 Å². The van der Waals surface area contributed by atoms with Crippen LogP contribution in [0, 0.1) is 0 Å². The Balaban J connectivity index is 6.25. The number of rotatable bonds is 76. The van der Waals surface area contributed by atoms with Crippen molar-refractivity contribution in [3.05, 3.63) is 0 Å². The number of amides is 8. The SMILES string of the molecule is COCCOCCOCCOCCNC(=O)CCCNC(=O)CN(CCOCCOCCOCCOC)C(=O)CC[C@H](NC(=O)CCCC(=O)NCCCC[C@H](NP)C(=O)O)C(=O)N(CCOCCOCCOCCOC)CC(=O)NCCCC(=O)NCCOCCOCCOCCOC. The van der Waals surface area contributed by atoms with Gasteiger partial charge in [-0.15, -0.1) is 0 Å². The van der Waals surface area contributed by atoms with Crippen molar-refractivity contribution < 1.29 is 124 Å². The van der Waals surface area contributed by atoms with Crippen LogP contribution in [0.2, 0.25) is 0 Å². The van der Waals surface area contributed by atoms with E-state index < -0.39 is 60.7 Å². The van der Waals surface area contributed by atoms with E-state index in [1.54, 1.807) is 28.4 Å². The van der Waals surface area contributed by atoms with Crippen molar-refractivity contribution in [2.75, 3.05) is 272 Å². The molecular formula is C64H122N9O26P. The lowest BCUT2D eigenvalue weighted by Gasteiger charge is -2.28. The molecule has 0 aliphatic rings. The van der Waals surface area contributed by atoms with Gasteiger partial charge in [-0.05, 0) is 44.9 Å². The first-order valence-corrected chi connectivity index (χ1v) is 35.1. The number of carbonyl (C=O) groups is 9. The van der Waals surface area contributed by atoms with Crippen LogP contribution in [0.1, 0.15) is 77.0 Å². The monoisotopic (exact) mass is 1460 g/mol. The number of hydrogen-bond acceptors (Lipinski definition) is 26. The van der Waals surface area contributed by atoms with E-state index in [1.807, 2.05) is 0 Å². The molecule has 0 saturated heterocycles. The van der Waals surface area contributed by atoms with Gasteiger partial charge in [0.05, 0.1) is 198 Å². The second-order valence-corrected chi connectivity index (χ2v) is 22.3. The third-order valence-corrected chi connectivity index (χ3v) is 14.2. The molecule has 0 bridgehead atoms. The van der Waals surface area contributed by atoms with Gasteiger partial charge in [-0.2, -0.15) is 0 Å². The molecule has 8 N–H and O–H groups in total. The third kappa shape index (κ3) is 62.7. The summed E-state index contributed by atoms with van der Waals surface area (Å²) in [5.74, 6) is -4.92. The minimum absolute atomic E-state index is 0.0126. The summed E-state index contributed by atoms with van der Waals surface area (Å²) in [6, 6.07) is -2.16. The predicted octanol–water partition coefficient (Wildman–Crippen LogP) is -1.99. The Kier molecular flexibility index (Phi) is 68.7. The standard InChI is InChI=1S/C64H122N9O26P/c1-84-28-32-92-44-48-96-40-36-88-24-20-68-57(75)13-8-18-66-60(78)52-72(22-26-90-38-42-98-50-46-94-34-30-86-3)62(80)16-15-54(70-59(77)12-7-11-56(74)65-17-6-5-10-55(71-100)64(82)83)63(81)73(23-27-91-39-43-99-51-47-95-35-31-87-4)53-61(79)67-19-9-14-58(76)69-21-25-89-37-41-97-49-45-93-33-29-85-2/h54-55,71H,5-53,100H2,1-4H3,(H,65,74)(H,66,78)(H,67,79)(H,68,75)(H,69,76)(H,70,77)(H,82,83)/t54-,55-/m0/s1. The predicted molar refractivity (Wildman–Crippen MR) is 367 cm³/mol. The van der Waals surface area contributed by atoms with Gasteiger partial charge >= 0.3 is 5.97 Å². The van der Waals surface area contributed by atoms with Crippen LogP contribution in [0.4, 0.5) is 0 Å². The molecule has 3 atom stereocenters. The van der Waals surface area contributed by atoms with Gasteiger partial charge in [0.1, 0.15) is 12.1 Å². The summed E-state index contributed by atoms with van der Waals surface area (Å²) in [6.07, 6.45) is 1.25. The fraction of sp³-hybridized carbons (Fsp3) is 0.859. The van der Waals surface area contributed by atoms with Crippen molar-refractivity contribution in [3.63, 3.8) is 0 Å². The number of aliphatic carboxylic acids is 1. The quantitative estimate of drug-likeness (QED) is 0.0241. The summed E-state index contributed by atoms with van der Waals surface area (Å²) in [4.78, 5) is 122. The molecule has 0 aromatic carbocycles. The molecule has 0 spiro atoms. The number of nitrogens with zero attached hydrogens (tertiary/aromatic N) is 2. The summed E-state index contributed by atoms with van der Waals surface area (Å²) in [6.45, 7) is 8.94. The number of unbranched alkanes of at least 4 members (excludes halogenated alkanes) is 1. The maximum absolute atomic E-state index is 14.8. The van der Waals surface area contributed by atoms with Crippen molar-refractivity contribution >= 4 is 62.6 Å². The fourth-order valence-electron chi connectivity index (χ4n) is 8.41. The molecule has 100 heavy (non-hydrogen) atoms. The zero-order valence-corrected chi connectivity index (χ0v) is 61.1. The molecule has 36 heteroatoms. The van der Waals surface area contributed by atoms with E-state index in [2.05, 4.69) is 46.4 Å².